The normalized spacial score (nSPS) is 19.2. The summed E-state index contributed by atoms with van der Waals surface area (Å²) in [6.07, 6.45) is 51.0. The van der Waals surface area contributed by atoms with Gasteiger partial charge in [0.05, 0.1) is 12.2 Å². The number of allylic oxidation sites excluding steroid dienone is 8. The number of hydrogen-bond donors (Lipinski definition) is 0. The molecule has 1 saturated carbocycles. The number of unbranched alkanes of at least 4 members (excludes halogenated alkanes) is 17. The minimum atomic E-state index is 0.273. The summed E-state index contributed by atoms with van der Waals surface area (Å²) in [5.41, 5.74) is 0. The summed E-state index contributed by atoms with van der Waals surface area (Å²) >= 11 is 0. The zero-order chi connectivity index (χ0) is 32.5. The van der Waals surface area contributed by atoms with Crippen molar-refractivity contribution in [1.29, 1.82) is 0 Å². The van der Waals surface area contributed by atoms with Gasteiger partial charge in [-0.25, -0.2) is 0 Å². The monoisotopic (exact) mass is 628 g/mol. The molecule has 1 rings (SSSR count). The maximum absolute atomic E-state index is 6.42. The average molecular weight is 628 g/mol. The molecule has 1 aliphatic rings. The minimum absolute atomic E-state index is 0.273. The fraction of sp³-hybridized carbons (Fsp3) is 0.810. The highest BCUT2D eigenvalue weighted by Crippen LogP contribution is 2.29. The number of ether oxygens (including phenoxy) is 2. The molecule has 45 heavy (non-hydrogen) atoms. The van der Waals surface area contributed by atoms with Crippen LogP contribution in [0.25, 0.3) is 0 Å². The Morgan fingerprint density at radius 3 is 1.20 bits per heavy atom. The van der Waals surface area contributed by atoms with Gasteiger partial charge in [-0.15, -0.1) is 0 Å². The molecule has 0 aliphatic heterocycles. The van der Waals surface area contributed by atoms with Gasteiger partial charge in [-0.3, -0.25) is 0 Å². The van der Waals surface area contributed by atoms with Crippen LogP contribution in [0.2, 0.25) is 0 Å². The molecule has 3 heteroatoms. The summed E-state index contributed by atoms with van der Waals surface area (Å²) in [5.74, 6) is 0. The molecule has 1 fully saturated rings. The third-order valence-electron chi connectivity index (χ3n) is 9.26. The molecule has 0 unspecified atom stereocenters. The fourth-order valence-electron chi connectivity index (χ4n) is 6.17. The fourth-order valence-corrected chi connectivity index (χ4v) is 6.17. The summed E-state index contributed by atoms with van der Waals surface area (Å²) in [4.78, 5) is 2.36. The van der Waals surface area contributed by atoms with Gasteiger partial charge in [-0.2, -0.15) is 0 Å². The van der Waals surface area contributed by atoms with Gasteiger partial charge in [0.15, 0.2) is 0 Å². The molecule has 262 valence electrons. The molecule has 0 heterocycles. The van der Waals surface area contributed by atoms with Gasteiger partial charge < -0.3 is 14.4 Å². The molecule has 0 amide bonds. The highest BCUT2D eigenvalue weighted by atomic mass is 16.5. The molecular formula is C42H77NO2. The van der Waals surface area contributed by atoms with E-state index in [0.717, 1.165) is 38.9 Å². The smallest absolute Gasteiger partial charge is 0.0852 e. The van der Waals surface area contributed by atoms with Crippen LogP contribution in [0.1, 0.15) is 174 Å². The van der Waals surface area contributed by atoms with Crippen molar-refractivity contribution in [2.45, 2.75) is 193 Å². The Labute approximate surface area is 282 Å². The summed E-state index contributed by atoms with van der Waals surface area (Å²) in [7, 11) is 4.40. The van der Waals surface area contributed by atoms with Gasteiger partial charge in [0, 0.05) is 19.3 Å². The van der Waals surface area contributed by atoms with Crippen molar-refractivity contribution in [3.8, 4) is 0 Å². The summed E-state index contributed by atoms with van der Waals surface area (Å²) < 4.78 is 12.8. The van der Waals surface area contributed by atoms with Crippen molar-refractivity contribution in [2.24, 2.45) is 0 Å². The third kappa shape index (κ3) is 26.6. The van der Waals surface area contributed by atoms with Crippen LogP contribution in [0.15, 0.2) is 48.6 Å². The lowest BCUT2D eigenvalue weighted by Gasteiger charge is -2.20. The van der Waals surface area contributed by atoms with Crippen LogP contribution < -0.4 is 0 Å². The number of nitrogens with zero attached hydrogens (tertiary/aromatic N) is 1. The first-order valence-electron chi connectivity index (χ1n) is 19.7. The quantitative estimate of drug-likeness (QED) is 0.0547. The SMILES string of the molecule is CCCC/C=C\C/C=C\CCCCCCCCO[C@H]1C[C@@H](N(C)C)C[C@H]1OCCCCCCCC/C=C\C/C=C\CCCCC. The van der Waals surface area contributed by atoms with Gasteiger partial charge in [0.25, 0.3) is 0 Å². The Bertz CT molecular complexity index is 724. The topological polar surface area (TPSA) is 21.7 Å². The van der Waals surface area contributed by atoms with Crippen molar-refractivity contribution in [3.05, 3.63) is 48.6 Å². The van der Waals surface area contributed by atoms with Crippen molar-refractivity contribution in [2.75, 3.05) is 27.3 Å². The van der Waals surface area contributed by atoms with E-state index in [9.17, 15) is 0 Å². The molecule has 0 N–H and O–H groups in total. The van der Waals surface area contributed by atoms with Gasteiger partial charge in [-0.05, 0) is 97.6 Å². The largest absolute Gasteiger partial charge is 0.375 e. The molecule has 3 nitrogen and oxygen atoms in total. The molecule has 0 saturated heterocycles. The second kappa shape index (κ2) is 32.8. The van der Waals surface area contributed by atoms with E-state index in [1.807, 2.05) is 0 Å². The highest BCUT2D eigenvalue weighted by Gasteiger charge is 2.36. The van der Waals surface area contributed by atoms with Crippen LogP contribution in [0.4, 0.5) is 0 Å². The number of rotatable bonds is 32. The van der Waals surface area contributed by atoms with E-state index in [0.29, 0.717) is 6.04 Å². The molecule has 0 aromatic rings. The Balaban J connectivity index is 2.01. The second-order valence-corrected chi connectivity index (χ2v) is 13.7. The van der Waals surface area contributed by atoms with Crippen molar-refractivity contribution < 1.29 is 9.47 Å². The average Bonchev–Trinajstić information content (AvgIpc) is 3.45. The second-order valence-electron chi connectivity index (χ2n) is 13.7. The van der Waals surface area contributed by atoms with Gasteiger partial charge >= 0.3 is 0 Å². The lowest BCUT2D eigenvalue weighted by Crippen LogP contribution is -2.27. The van der Waals surface area contributed by atoms with Crippen molar-refractivity contribution in [1.82, 2.24) is 4.90 Å². The van der Waals surface area contributed by atoms with Crippen LogP contribution in [0.3, 0.4) is 0 Å². The Morgan fingerprint density at radius 1 is 0.444 bits per heavy atom. The van der Waals surface area contributed by atoms with E-state index in [1.165, 1.54) is 135 Å². The molecule has 0 bridgehead atoms. The molecule has 0 spiro atoms. The molecule has 0 aromatic carbocycles. The van der Waals surface area contributed by atoms with Gasteiger partial charge in [-0.1, -0.05) is 140 Å². The maximum Gasteiger partial charge on any atom is 0.0852 e. The molecule has 3 atom stereocenters. The van der Waals surface area contributed by atoms with Crippen LogP contribution in [0, 0.1) is 0 Å². The predicted octanol–water partition coefficient (Wildman–Crippen LogP) is 12.7. The maximum atomic E-state index is 6.42. The first kappa shape index (κ1) is 41.9. The van der Waals surface area contributed by atoms with Crippen LogP contribution in [0.5, 0.6) is 0 Å². The summed E-state index contributed by atoms with van der Waals surface area (Å²) in [5, 5.41) is 0. The molecule has 1 aliphatic carbocycles. The van der Waals surface area contributed by atoms with Gasteiger partial charge in [0.1, 0.15) is 0 Å². The Morgan fingerprint density at radius 2 is 0.800 bits per heavy atom. The summed E-state index contributed by atoms with van der Waals surface area (Å²) in [6.45, 7) is 6.31. The lowest BCUT2D eigenvalue weighted by molar-refractivity contribution is -0.0578. The summed E-state index contributed by atoms with van der Waals surface area (Å²) in [6, 6.07) is 0.585. The van der Waals surface area contributed by atoms with E-state index in [-0.39, 0.29) is 12.2 Å². The Kier molecular flexibility index (Phi) is 30.5. The number of hydrogen-bond acceptors (Lipinski definition) is 3. The Hall–Kier alpha value is -1.16. The first-order valence-corrected chi connectivity index (χ1v) is 19.7. The van der Waals surface area contributed by atoms with E-state index >= 15 is 0 Å². The zero-order valence-electron chi connectivity index (χ0n) is 30.7. The van der Waals surface area contributed by atoms with E-state index in [2.05, 4.69) is 81.5 Å². The minimum Gasteiger partial charge on any atom is -0.375 e. The zero-order valence-corrected chi connectivity index (χ0v) is 30.7. The standard InChI is InChI=1S/C42H77NO2/c1-5-7-9-11-13-15-17-19-21-23-25-27-29-31-33-35-37-45-42-39-40(43(3)4)38-41(42)44-36-34-32-30-28-26-24-22-20-18-16-14-12-10-8-6-2/h12-15,18-21,40-42H,5-11,16-17,22-39H2,1-4H3/b14-12-,15-13-,20-18-,21-19-/t40-,41+,42-/m1/s1. The third-order valence-corrected chi connectivity index (χ3v) is 9.26. The predicted molar refractivity (Wildman–Crippen MR) is 200 cm³/mol. The van der Waals surface area contributed by atoms with Gasteiger partial charge in [0.2, 0.25) is 0 Å². The first-order chi connectivity index (χ1) is 22.2. The molecule has 0 radical (unpaired) electrons. The van der Waals surface area contributed by atoms with Crippen molar-refractivity contribution >= 4 is 0 Å². The van der Waals surface area contributed by atoms with E-state index in [1.54, 1.807) is 0 Å². The molecule has 0 aromatic heterocycles. The van der Waals surface area contributed by atoms with Crippen molar-refractivity contribution in [3.63, 3.8) is 0 Å². The molecular weight excluding hydrogens is 550 g/mol. The highest BCUT2D eigenvalue weighted by molar-refractivity contribution is 4.93. The van der Waals surface area contributed by atoms with Crippen LogP contribution in [-0.4, -0.2) is 50.5 Å². The lowest BCUT2D eigenvalue weighted by atomic mass is 10.1. The van der Waals surface area contributed by atoms with Crippen LogP contribution >= 0.6 is 0 Å². The van der Waals surface area contributed by atoms with E-state index in [4.69, 9.17) is 9.47 Å². The van der Waals surface area contributed by atoms with Crippen LogP contribution in [-0.2, 0) is 9.47 Å². The van der Waals surface area contributed by atoms with E-state index < -0.39 is 0 Å².